The lowest BCUT2D eigenvalue weighted by atomic mass is 10.1. The summed E-state index contributed by atoms with van der Waals surface area (Å²) in [5.41, 5.74) is 8.10. The zero-order valence-corrected chi connectivity index (χ0v) is 12.2. The molecule has 2 atom stereocenters. The van der Waals surface area contributed by atoms with Crippen molar-refractivity contribution in [1.82, 2.24) is 9.59 Å². The molecule has 1 aliphatic rings. The lowest BCUT2D eigenvalue weighted by Crippen LogP contribution is -2.29. The monoisotopic (exact) mass is 304 g/mol. The van der Waals surface area contributed by atoms with Gasteiger partial charge in [-0.1, -0.05) is 16.6 Å². The van der Waals surface area contributed by atoms with Crippen molar-refractivity contribution in [3.8, 4) is 11.3 Å². The molecule has 0 bridgehead atoms. The predicted octanol–water partition coefficient (Wildman–Crippen LogP) is 1.65. The predicted molar refractivity (Wildman–Crippen MR) is 80.9 cm³/mol. The number of carbonyl (C=O) groups excluding carboxylic acids is 1. The van der Waals surface area contributed by atoms with E-state index in [9.17, 15) is 4.79 Å². The van der Waals surface area contributed by atoms with Crippen molar-refractivity contribution in [3.63, 3.8) is 0 Å². The van der Waals surface area contributed by atoms with Crippen LogP contribution in [0.4, 0.5) is 5.69 Å². The Morgan fingerprint density at radius 1 is 1.38 bits per heavy atom. The van der Waals surface area contributed by atoms with Crippen molar-refractivity contribution in [1.29, 1.82) is 0 Å². The zero-order valence-electron chi connectivity index (χ0n) is 11.4. The maximum atomic E-state index is 12.1. The van der Waals surface area contributed by atoms with Gasteiger partial charge in [0.2, 0.25) is 0 Å². The largest absolute Gasteiger partial charge is 0.364 e. The lowest BCUT2D eigenvalue weighted by Gasteiger charge is -2.12. The van der Waals surface area contributed by atoms with Crippen molar-refractivity contribution < 1.29 is 9.53 Å². The van der Waals surface area contributed by atoms with E-state index in [2.05, 4.69) is 14.9 Å². The molecule has 110 valence electrons. The van der Waals surface area contributed by atoms with Gasteiger partial charge in [-0.3, -0.25) is 4.79 Å². The number of benzene rings is 1. The van der Waals surface area contributed by atoms with E-state index < -0.39 is 6.10 Å². The van der Waals surface area contributed by atoms with E-state index in [0.717, 1.165) is 29.8 Å². The molecule has 7 heteroatoms. The normalized spacial score (nSPS) is 21.4. The second-order valence-corrected chi connectivity index (χ2v) is 5.53. The van der Waals surface area contributed by atoms with Gasteiger partial charge < -0.3 is 15.8 Å². The average Bonchev–Trinajstić information content (AvgIpc) is 3.19. The van der Waals surface area contributed by atoms with Crippen LogP contribution in [0, 0.1) is 0 Å². The molecule has 1 aromatic carbocycles. The lowest BCUT2D eigenvalue weighted by molar-refractivity contribution is -0.126. The molecule has 1 amide bonds. The maximum absolute atomic E-state index is 12.1. The number of aromatic nitrogens is 2. The van der Waals surface area contributed by atoms with Crippen LogP contribution in [0.25, 0.3) is 11.3 Å². The Labute approximate surface area is 126 Å². The molecule has 3 N–H and O–H groups in total. The molecule has 2 heterocycles. The molecule has 0 aliphatic carbocycles. The van der Waals surface area contributed by atoms with E-state index in [1.54, 1.807) is 0 Å². The Bertz CT molecular complexity index is 600. The number of nitrogens with two attached hydrogens (primary N) is 1. The smallest absolute Gasteiger partial charge is 0.253 e. The molecular formula is C14H16N4O2S. The number of ether oxygens (including phenoxy) is 1. The molecule has 0 radical (unpaired) electrons. The summed E-state index contributed by atoms with van der Waals surface area (Å²) in [5.74, 6) is -0.117. The summed E-state index contributed by atoms with van der Waals surface area (Å²) in [5, 5.41) is 8.75. The summed E-state index contributed by atoms with van der Waals surface area (Å²) in [6.45, 7) is 0.458. The van der Waals surface area contributed by atoms with Gasteiger partial charge >= 0.3 is 0 Å². The zero-order chi connectivity index (χ0) is 14.7. The van der Waals surface area contributed by atoms with Gasteiger partial charge in [-0.25, -0.2) is 0 Å². The Hall–Kier alpha value is -1.83. The quantitative estimate of drug-likeness (QED) is 0.896. The van der Waals surface area contributed by atoms with Crippen LogP contribution in [0.1, 0.15) is 12.8 Å². The van der Waals surface area contributed by atoms with Gasteiger partial charge in [-0.2, -0.15) is 0 Å². The van der Waals surface area contributed by atoms with E-state index in [1.165, 1.54) is 11.5 Å². The second kappa shape index (κ2) is 6.30. The minimum absolute atomic E-state index is 0.000270. The van der Waals surface area contributed by atoms with E-state index >= 15 is 0 Å². The average molecular weight is 304 g/mol. The number of nitrogens with one attached hydrogen (secondary N) is 1. The Balaban J connectivity index is 1.62. The van der Waals surface area contributed by atoms with Crippen LogP contribution in [-0.2, 0) is 9.53 Å². The molecule has 3 rings (SSSR count). The summed E-state index contributed by atoms with van der Waals surface area (Å²) in [4.78, 5) is 12.1. The van der Waals surface area contributed by atoms with Gasteiger partial charge in [-0.05, 0) is 36.5 Å². The first-order valence-electron chi connectivity index (χ1n) is 6.80. The van der Waals surface area contributed by atoms with Crippen LogP contribution >= 0.6 is 11.5 Å². The third-order valence-corrected chi connectivity index (χ3v) is 3.98. The van der Waals surface area contributed by atoms with Gasteiger partial charge in [0, 0.05) is 23.2 Å². The second-order valence-electron chi connectivity index (χ2n) is 4.92. The number of amides is 1. The van der Waals surface area contributed by atoms with Crippen molar-refractivity contribution in [2.24, 2.45) is 5.73 Å². The van der Waals surface area contributed by atoms with Gasteiger partial charge in [-0.15, -0.1) is 5.10 Å². The van der Waals surface area contributed by atoms with Gasteiger partial charge in [0.15, 0.2) is 0 Å². The molecule has 1 aromatic heterocycles. The number of rotatable bonds is 4. The van der Waals surface area contributed by atoms with Crippen LogP contribution < -0.4 is 11.1 Å². The first-order valence-corrected chi connectivity index (χ1v) is 7.64. The highest BCUT2D eigenvalue weighted by Crippen LogP contribution is 2.22. The SMILES string of the molecule is NC[C@H]1CC[C@@H](C(=O)Nc2ccc(-c3csnn3)cc2)O1. The van der Waals surface area contributed by atoms with Crippen LogP contribution in [0.3, 0.4) is 0 Å². The molecule has 0 unspecified atom stereocenters. The summed E-state index contributed by atoms with van der Waals surface area (Å²) < 4.78 is 9.41. The fourth-order valence-electron chi connectivity index (χ4n) is 2.31. The van der Waals surface area contributed by atoms with Crippen molar-refractivity contribution in [2.75, 3.05) is 11.9 Å². The van der Waals surface area contributed by atoms with E-state index in [1.807, 2.05) is 29.6 Å². The molecule has 21 heavy (non-hydrogen) atoms. The molecule has 1 saturated heterocycles. The molecule has 0 saturated carbocycles. The van der Waals surface area contributed by atoms with Crippen LogP contribution in [0.15, 0.2) is 29.6 Å². The third kappa shape index (κ3) is 3.26. The minimum atomic E-state index is -0.402. The maximum Gasteiger partial charge on any atom is 0.253 e. The van der Waals surface area contributed by atoms with E-state index in [-0.39, 0.29) is 12.0 Å². The molecular weight excluding hydrogens is 288 g/mol. The van der Waals surface area contributed by atoms with Crippen molar-refractivity contribution in [2.45, 2.75) is 25.0 Å². The first-order chi connectivity index (χ1) is 10.3. The van der Waals surface area contributed by atoms with E-state index in [4.69, 9.17) is 10.5 Å². The Morgan fingerprint density at radius 3 is 2.81 bits per heavy atom. The Morgan fingerprint density at radius 2 is 2.19 bits per heavy atom. The standard InChI is InChI=1S/C14H16N4O2S/c15-7-11-5-6-13(20-11)14(19)16-10-3-1-9(2-4-10)12-8-21-18-17-12/h1-4,8,11,13H,5-7,15H2,(H,16,19)/t11-,13+/m1/s1. The van der Waals surface area contributed by atoms with Crippen LogP contribution in [0.2, 0.25) is 0 Å². The number of anilines is 1. The summed E-state index contributed by atoms with van der Waals surface area (Å²) in [7, 11) is 0. The van der Waals surface area contributed by atoms with Gasteiger partial charge in [0.05, 0.1) is 6.10 Å². The molecule has 2 aromatic rings. The number of nitrogens with zero attached hydrogens (tertiary/aromatic N) is 2. The van der Waals surface area contributed by atoms with E-state index in [0.29, 0.717) is 6.54 Å². The topological polar surface area (TPSA) is 90.1 Å². The van der Waals surface area contributed by atoms with Crippen molar-refractivity contribution in [3.05, 3.63) is 29.6 Å². The highest BCUT2D eigenvalue weighted by molar-refractivity contribution is 7.03. The summed E-state index contributed by atoms with van der Waals surface area (Å²) in [6.07, 6.45) is 1.15. The molecule has 1 aliphatic heterocycles. The fraction of sp³-hybridized carbons (Fsp3) is 0.357. The van der Waals surface area contributed by atoms with Gasteiger partial charge in [0.25, 0.3) is 5.91 Å². The number of hydrogen-bond donors (Lipinski definition) is 2. The van der Waals surface area contributed by atoms with Gasteiger partial charge in [0.1, 0.15) is 11.8 Å². The van der Waals surface area contributed by atoms with Crippen molar-refractivity contribution >= 4 is 23.1 Å². The highest BCUT2D eigenvalue weighted by Gasteiger charge is 2.29. The molecule has 1 fully saturated rings. The fourth-order valence-corrected chi connectivity index (χ4v) is 2.77. The number of carbonyl (C=O) groups is 1. The minimum Gasteiger partial charge on any atom is -0.364 e. The Kier molecular flexibility index (Phi) is 4.23. The highest BCUT2D eigenvalue weighted by atomic mass is 32.1. The summed E-state index contributed by atoms with van der Waals surface area (Å²) >= 11 is 1.31. The summed E-state index contributed by atoms with van der Waals surface area (Å²) in [6, 6.07) is 7.51. The molecule has 6 nitrogen and oxygen atoms in total. The number of hydrogen-bond acceptors (Lipinski definition) is 6. The van der Waals surface area contributed by atoms with Crippen LogP contribution in [0.5, 0.6) is 0 Å². The molecule has 0 spiro atoms. The van der Waals surface area contributed by atoms with Crippen LogP contribution in [-0.4, -0.2) is 34.2 Å². The third-order valence-electron chi connectivity index (χ3n) is 3.47. The first kappa shape index (κ1) is 14.1.